The lowest BCUT2D eigenvalue weighted by Crippen LogP contribution is -2.33. The molecule has 1 saturated heterocycles. The van der Waals surface area contributed by atoms with Gasteiger partial charge in [-0.25, -0.2) is 8.42 Å². The fourth-order valence-electron chi connectivity index (χ4n) is 3.14. The molecule has 0 bridgehead atoms. The van der Waals surface area contributed by atoms with Crippen LogP contribution in [0.5, 0.6) is 0 Å². The Hall–Kier alpha value is -2.74. The van der Waals surface area contributed by atoms with Crippen molar-refractivity contribution in [2.24, 2.45) is 0 Å². The molecular weight excluding hydrogens is 356 g/mol. The number of ketones is 1. The molecule has 1 heterocycles. The van der Waals surface area contributed by atoms with Crippen molar-refractivity contribution in [3.63, 3.8) is 0 Å². The minimum atomic E-state index is -3.10. The van der Waals surface area contributed by atoms with Crippen molar-refractivity contribution >= 4 is 27.0 Å². The van der Waals surface area contributed by atoms with Crippen LogP contribution in [0.25, 0.3) is 0 Å². The Morgan fingerprint density at radius 3 is 2.42 bits per heavy atom. The normalized spacial score (nSPS) is 18.4. The number of nitro groups is 1. The lowest BCUT2D eigenvalue weighted by molar-refractivity contribution is -0.384. The molecule has 0 unspecified atom stereocenters. The Morgan fingerprint density at radius 2 is 1.85 bits per heavy atom. The maximum Gasteiger partial charge on any atom is 0.293 e. The average molecular weight is 374 g/mol. The van der Waals surface area contributed by atoms with Crippen molar-refractivity contribution in [3.8, 4) is 0 Å². The van der Waals surface area contributed by atoms with Crippen LogP contribution in [0.1, 0.15) is 22.3 Å². The second kappa shape index (κ2) is 6.87. The highest BCUT2D eigenvalue weighted by Gasteiger charge is 2.33. The molecule has 2 aromatic rings. The van der Waals surface area contributed by atoms with Crippen molar-refractivity contribution in [3.05, 3.63) is 69.8 Å². The van der Waals surface area contributed by atoms with Crippen LogP contribution in [0.15, 0.2) is 48.5 Å². The smallest absolute Gasteiger partial charge is 0.293 e. The molecule has 0 amide bonds. The topological polar surface area (TPSA) is 97.6 Å². The van der Waals surface area contributed by atoms with Gasteiger partial charge in [0.15, 0.2) is 15.6 Å². The number of hydrogen-bond donors (Lipinski definition) is 0. The van der Waals surface area contributed by atoms with E-state index in [0.717, 1.165) is 0 Å². The zero-order chi connectivity index (χ0) is 18.9. The summed E-state index contributed by atoms with van der Waals surface area (Å²) in [6.07, 6.45) is 0.431. The molecular formula is C18H18N2O5S. The summed E-state index contributed by atoms with van der Waals surface area (Å²) < 4.78 is 23.4. The maximum atomic E-state index is 12.5. The number of anilines is 1. The van der Waals surface area contributed by atoms with E-state index in [-0.39, 0.29) is 34.6 Å². The second-order valence-corrected chi connectivity index (χ2v) is 8.55. The van der Waals surface area contributed by atoms with Crippen molar-refractivity contribution in [1.82, 2.24) is 0 Å². The largest absolute Gasteiger partial charge is 0.365 e. The number of rotatable bonds is 5. The third kappa shape index (κ3) is 3.60. The highest BCUT2D eigenvalue weighted by molar-refractivity contribution is 7.91. The Bertz CT molecular complexity index is 957. The van der Waals surface area contributed by atoms with Crippen LogP contribution in [-0.2, 0) is 9.84 Å². The average Bonchev–Trinajstić information content (AvgIpc) is 3.00. The molecule has 1 aliphatic heterocycles. The van der Waals surface area contributed by atoms with E-state index >= 15 is 0 Å². The molecule has 1 aliphatic rings. The molecule has 0 N–H and O–H groups in total. The first-order valence-electron chi connectivity index (χ1n) is 8.10. The molecule has 1 atom stereocenters. The summed E-state index contributed by atoms with van der Waals surface area (Å²) in [5, 5.41) is 11.5. The number of carbonyl (C=O) groups excluding carboxylic acids is 1. The van der Waals surface area contributed by atoms with Gasteiger partial charge in [-0.1, -0.05) is 30.3 Å². The van der Waals surface area contributed by atoms with Crippen LogP contribution in [-0.4, -0.2) is 43.7 Å². The number of nitrogens with zero attached hydrogens (tertiary/aromatic N) is 2. The van der Waals surface area contributed by atoms with Crippen molar-refractivity contribution in [2.75, 3.05) is 23.5 Å². The predicted octanol–water partition coefficient (Wildman–Crippen LogP) is 2.45. The first-order valence-corrected chi connectivity index (χ1v) is 9.92. The molecule has 136 valence electrons. The number of carbonyl (C=O) groups is 1. The van der Waals surface area contributed by atoms with Gasteiger partial charge in [0.25, 0.3) is 5.69 Å². The quantitative estimate of drug-likeness (QED) is 0.453. The molecule has 0 aromatic heterocycles. The van der Waals surface area contributed by atoms with Gasteiger partial charge < -0.3 is 4.90 Å². The van der Waals surface area contributed by atoms with E-state index in [4.69, 9.17) is 0 Å². The van der Waals surface area contributed by atoms with E-state index in [1.54, 1.807) is 42.3 Å². The summed E-state index contributed by atoms with van der Waals surface area (Å²) in [6, 6.07) is 12.5. The van der Waals surface area contributed by atoms with E-state index < -0.39 is 14.8 Å². The van der Waals surface area contributed by atoms with Crippen LogP contribution in [0.2, 0.25) is 0 Å². The number of sulfone groups is 1. The summed E-state index contributed by atoms with van der Waals surface area (Å²) in [5.74, 6) is -0.238. The van der Waals surface area contributed by atoms with Crippen LogP contribution < -0.4 is 4.90 Å². The Balaban J connectivity index is 1.95. The Kier molecular flexibility index (Phi) is 4.78. The molecule has 0 saturated carbocycles. The fraction of sp³-hybridized carbons (Fsp3) is 0.278. The molecule has 2 aromatic carbocycles. The molecule has 1 fully saturated rings. The van der Waals surface area contributed by atoms with Gasteiger partial charge in [0.05, 0.1) is 16.4 Å². The van der Waals surface area contributed by atoms with Gasteiger partial charge in [-0.3, -0.25) is 14.9 Å². The summed E-state index contributed by atoms with van der Waals surface area (Å²) in [6.45, 7) is 0. The van der Waals surface area contributed by atoms with Crippen molar-refractivity contribution < 1.29 is 18.1 Å². The van der Waals surface area contributed by atoms with Gasteiger partial charge in [0.1, 0.15) is 5.69 Å². The molecule has 26 heavy (non-hydrogen) atoms. The molecule has 7 nitrogen and oxygen atoms in total. The van der Waals surface area contributed by atoms with Crippen LogP contribution in [0.4, 0.5) is 11.4 Å². The van der Waals surface area contributed by atoms with Crippen molar-refractivity contribution in [1.29, 1.82) is 0 Å². The Labute approximate surface area is 151 Å². The summed E-state index contributed by atoms with van der Waals surface area (Å²) in [7, 11) is -1.46. The van der Waals surface area contributed by atoms with E-state index in [0.29, 0.717) is 17.7 Å². The van der Waals surface area contributed by atoms with E-state index in [9.17, 15) is 23.3 Å². The Morgan fingerprint density at radius 1 is 1.15 bits per heavy atom. The van der Waals surface area contributed by atoms with Crippen LogP contribution in [0, 0.1) is 10.1 Å². The third-order valence-electron chi connectivity index (χ3n) is 4.61. The minimum Gasteiger partial charge on any atom is -0.365 e. The molecule has 8 heteroatoms. The fourth-order valence-corrected chi connectivity index (χ4v) is 4.92. The van der Waals surface area contributed by atoms with Crippen LogP contribution >= 0.6 is 0 Å². The molecule has 0 radical (unpaired) electrons. The van der Waals surface area contributed by atoms with Gasteiger partial charge in [-0.2, -0.15) is 0 Å². The predicted molar refractivity (Wildman–Crippen MR) is 98.4 cm³/mol. The summed E-state index contributed by atoms with van der Waals surface area (Å²) in [5.41, 5.74) is 0.768. The zero-order valence-electron chi connectivity index (χ0n) is 14.2. The molecule has 0 aliphatic carbocycles. The molecule has 0 spiro atoms. The third-order valence-corrected chi connectivity index (χ3v) is 6.36. The highest BCUT2D eigenvalue weighted by atomic mass is 32.2. The van der Waals surface area contributed by atoms with E-state index in [1.807, 2.05) is 0 Å². The lowest BCUT2D eigenvalue weighted by atomic mass is 10.0. The maximum absolute atomic E-state index is 12.5. The van der Waals surface area contributed by atoms with Crippen LogP contribution in [0.3, 0.4) is 0 Å². The number of hydrogen-bond acceptors (Lipinski definition) is 6. The summed E-state index contributed by atoms with van der Waals surface area (Å²) in [4.78, 5) is 25.1. The molecule has 3 rings (SSSR count). The van der Waals surface area contributed by atoms with Gasteiger partial charge in [0, 0.05) is 30.3 Å². The monoisotopic (exact) mass is 374 g/mol. The first kappa shape index (κ1) is 18.1. The van der Waals surface area contributed by atoms with Crippen molar-refractivity contribution in [2.45, 2.75) is 12.5 Å². The van der Waals surface area contributed by atoms with Gasteiger partial charge >= 0.3 is 0 Å². The second-order valence-electron chi connectivity index (χ2n) is 6.32. The van der Waals surface area contributed by atoms with E-state index in [2.05, 4.69) is 0 Å². The minimum absolute atomic E-state index is 0.0225. The zero-order valence-corrected chi connectivity index (χ0v) is 15.0. The SMILES string of the molecule is CN(c1ccc(C(=O)c2ccccc2)cc1[N+](=O)[O-])[C@H]1CCS(=O)(=O)C1. The highest BCUT2D eigenvalue weighted by Crippen LogP contribution is 2.32. The lowest BCUT2D eigenvalue weighted by Gasteiger charge is -2.25. The number of nitro benzene ring substituents is 1. The van der Waals surface area contributed by atoms with Gasteiger partial charge in [0.2, 0.25) is 0 Å². The standard InChI is InChI=1S/C18H18N2O5S/c1-19(15-9-10-26(24,25)12-15)16-8-7-14(11-17(16)20(22)23)18(21)13-5-3-2-4-6-13/h2-8,11,15H,9-10,12H2,1H3/t15-/m0/s1. The number of benzene rings is 2. The van der Waals surface area contributed by atoms with Gasteiger partial charge in [-0.05, 0) is 18.6 Å². The summed E-state index contributed by atoms with van der Waals surface area (Å²) >= 11 is 0. The first-order chi connectivity index (χ1) is 12.3. The van der Waals surface area contributed by atoms with Gasteiger partial charge in [-0.15, -0.1) is 0 Å². The van der Waals surface area contributed by atoms with E-state index in [1.165, 1.54) is 18.2 Å².